The van der Waals surface area contributed by atoms with Crippen molar-refractivity contribution in [1.82, 2.24) is 5.32 Å². The maximum absolute atomic E-state index is 12.2. The van der Waals surface area contributed by atoms with Crippen LogP contribution in [-0.4, -0.2) is 19.1 Å². The lowest BCUT2D eigenvalue weighted by Gasteiger charge is -2.14. The minimum atomic E-state index is -0.227. The van der Waals surface area contributed by atoms with Crippen LogP contribution in [0.15, 0.2) is 54.6 Å². The molecule has 0 aliphatic heterocycles. The molecular formula is C17H20N2O2. The monoisotopic (exact) mass is 284 g/mol. The Morgan fingerprint density at radius 3 is 2.52 bits per heavy atom. The molecule has 1 atom stereocenters. The van der Waals surface area contributed by atoms with Crippen LogP contribution in [0.3, 0.4) is 0 Å². The van der Waals surface area contributed by atoms with Gasteiger partial charge in [-0.2, -0.15) is 0 Å². The lowest BCUT2D eigenvalue weighted by atomic mass is 10.1. The molecule has 110 valence electrons. The molecule has 3 N–H and O–H groups in total. The Kier molecular flexibility index (Phi) is 5.35. The molecule has 2 rings (SSSR count). The third kappa shape index (κ3) is 4.07. The van der Waals surface area contributed by atoms with Gasteiger partial charge in [-0.3, -0.25) is 4.79 Å². The molecule has 0 aliphatic rings. The molecule has 0 heterocycles. The van der Waals surface area contributed by atoms with E-state index in [1.54, 1.807) is 12.1 Å². The van der Waals surface area contributed by atoms with E-state index < -0.39 is 0 Å². The van der Waals surface area contributed by atoms with Crippen molar-refractivity contribution >= 4 is 5.91 Å². The fourth-order valence-corrected chi connectivity index (χ4v) is 2.05. The van der Waals surface area contributed by atoms with Crippen LogP contribution >= 0.6 is 0 Å². The van der Waals surface area contributed by atoms with E-state index in [1.807, 2.05) is 49.4 Å². The Bertz CT molecular complexity index is 584. The quantitative estimate of drug-likeness (QED) is 0.856. The number of hydrogen-bond acceptors (Lipinski definition) is 3. The van der Waals surface area contributed by atoms with E-state index in [2.05, 4.69) is 5.32 Å². The number of hydrogen-bond donors (Lipinski definition) is 2. The number of benzene rings is 2. The average molecular weight is 284 g/mol. The van der Waals surface area contributed by atoms with E-state index in [0.717, 1.165) is 5.56 Å². The van der Waals surface area contributed by atoms with Gasteiger partial charge in [0.2, 0.25) is 0 Å². The van der Waals surface area contributed by atoms with Gasteiger partial charge >= 0.3 is 0 Å². The first-order valence-electron chi connectivity index (χ1n) is 7.03. The highest BCUT2D eigenvalue weighted by molar-refractivity contribution is 5.96. The minimum absolute atomic E-state index is 0.176. The summed E-state index contributed by atoms with van der Waals surface area (Å²) in [5.74, 6) is 0.413. The van der Waals surface area contributed by atoms with Crippen molar-refractivity contribution in [2.45, 2.75) is 13.0 Å². The summed E-state index contributed by atoms with van der Waals surface area (Å²) in [6, 6.07) is 16.7. The van der Waals surface area contributed by atoms with E-state index in [0.29, 0.717) is 24.5 Å². The van der Waals surface area contributed by atoms with Crippen LogP contribution in [0.25, 0.3) is 0 Å². The number of carbonyl (C=O) groups is 1. The van der Waals surface area contributed by atoms with Gasteiger partial charge in [-0.25, -0.2) is 0 Å². The van der Waals surface area contributed by atoms with Gasteiger partial charge in [0, 0.05) is 12.6 Å². The first-order chi connectivity index (χ1) is 10.2. The molecule has 4 heteroatoms. The third-order valence-corrected chi connectivity index (χ3v) is 3.14. The number of amides is 1. The maximum Gasteiger partial charge on any atom is 0.255 e. The molecule has 2 aromatic carbocycles. The van der Waals surface area contributed by atoms with Gasteiger partial charge < -0.3 is 15.8 Å². The van der Waals surface area contributed by atoms with Crippen molar-refractivity contribution in [3.05, 3.63) is 65.7 Å². The molecule has 0 bridgehead atoms. The summed E-state index contributed by atoms with van der Waals surface area (Å²) in [4.78, 5) is 12.2. The van der Waals surface area contributed by atoms with E-state index in [4.69, 9.17) is 10.5 Å². The van der Waals surface area contributed by atoms with E-state index in [-0.39, 0.29) is 11.9 Å². The van der Waals surface area contributed by atoms with Crippen LogP contribution < -0.4 is 15.8 Å². The van der Waals surface area contributed by atoms with E-state index in [1.165, 1.54) is 0 Å². The van der Waals surface area contributed by atoms with Gasteiger partial charge in [-0.15, -0.1) is 0 Å². The Hall–Kier alpha value is -2.33. The summed E-state index contributed by atoms with van der Waals surface area (Å²) in [6.45, 7) is 2.79. The normalized spacial score (nSPS) is 11.7. The van der Waals surface area contributed by atoms with Crippen LogP contribution in [-0.2, 0) is 0 Å². The Morgan fingerprint density at radius 1 is 1.14 bits per heavy atom. The number of carbonyl (C=O) groups excluding carboxylic acids is 1. The van der Waals surface area contributed by atoms with Crippen LogP contribution in [0.2, 0.25) is 0 Å². The summed E-state index contributed by atoms with van der Waals surface area (Å²) >= 11 is 0. The van der Waals surface area contributed by atoms with E-state index >= 15 is 0 Å². The first kappa shape index (κ1) is 15.1. The van der Waals surface area contributed by atoms with E-state index in [9.17, 15) is 4.79 Å². The molecular weight excluding hydrogens is 264 g/mol. The summed E-state index contributed by atoms with van der Waals surface area (Å²) in [6.07, 6.45) is 0. The smallest absolute Gasteiger partial charge is 0.255 e. The van der Waals surface area contributed by atoms with Gasteiger partial charge in [0.1, 0.15) is 5.75 Å². The molecule has 0 saturated carbocycles. The third-order valence-electron chi connectivity index (χ3n) is 3.14. The molecule has 21 heavy (non-hydrogen) atoms. The minimum Gasteiger partial charge on any atom is -0.493 e. The van der Waals surface area contributed by atoms with Crippen LogP contribution in [0, 0.1) is 0 Å². The van der Waals surface area contributed by atoms with Crippen LogP contribution in [0.5, 0.6) is 5.75 Å². The number of para-hydroxylation sites is 1. The molecule has 2 aromatic rings. The SMILES string of the molecule is CCOc1ccccc1C(=O)NCC(N)c1ccccc1. The summed E-state index contributed by atoms with van der Waals surface area (Å²) < 4.78 is 5.46. The first-order valence-corrected chi connectivity index (χ1v) is 7.03. The highest BCUT2D eigenvalue weighted by Crippen LogP contribution is 2.18. The molecule has 1 unspecified atom stereocenters. The number of nitrogens with two attached hydrogens (primary N) is 1. The highest BCUT2D eigenvalue weighted by atomic mass is 16.5. The van der Waals surface area contributed by atoms with Gasteiger partial charge in [0.05, 0.1) is 12.2 Å². The second-order valence-electron chi connectivity index (χ2n) is 4.66. The zero-order chi connectivity index (χ0) is 15.1. The number of nitrogens with one attached hydrogen (secondary N) is 1. The summed E-state index contributed by atoms with van der Waals surface area (Å²) in [5.41, 5.74) is 7.60. The fourth-order valence-electron chi connectivity index (χ4n) is 2.05. The Balaban J connectivity index is 1.99. The Labute approximate surface area is 124 Å². The van der Waals surface area contributed by atoms with Crippen molar-refractivity contribution in [2.75, 3.05) is 13.2 Å². The topological polar surface area (TPSA) is 64.3 Å². The second-order valence-corrected chi connectivity index (χ2v) is 4.66. The van der Waals surface area contributed by atoms with Crippen molar-refractivity contribution in [3.63, 3.8) is 0 Å². The average Bonchev–Trinajstić information content (AvgIpc) is 2.54. The largest absolute Gasteiger partial charge is 0.493 e. The summed E-state index contributed by atoms with van der Waals surface area (Å²) in [5, 5.41) is 2.85. The lowest BCUT2D eigenvalue weighted by molar-refractivity contribution is 0.0947. The molecule has 0 fully saturated rings. The van der Waals surface area contributed by atoms with Crippen molar-refractivity contribution in [3.8, 4) is 5.75 Å². The number of rotatable bonds is 6. The molecule has 4 nitrogen and oxygen atoms in total. The molecule has 0 aliphatic carbocycles. The molecule has 1 amide bonds. The molecule has 0 spiro atoms. The Morgan fingerprint density at radius 2 is 1.81 bits per heavy atom. The van der Waals surface area contributed by atoms with Gasteiger partial charge in [-0.1, -0.05) is 42.5 Å². The summed E-state index contributed by atoms with van der Waals surface area (Å²) in [7, 11) is 0. The maximum atomic E-state index is 12.2. The van der Waals surface area contributed by atoms with Crippen LogP contribution in [0.4, 0.5) is 0 Å². The van der Waals surface area contributed by atoms with Crippen molar-refractivity contribution < 1.29 is 9.53 Å². The van der Waals surface area contributed by atoms with Gasteiger partial charge in [-0.05, 0) is 24.6 Å². The van der Waals surface area contributed by atoms with Crippen molar-refractivity contribution in [1.29, 1.82) is 0 Å². The number of ether oxygens (including phenoxy) is 1. The zero-order valence-electron chi connectivity index (χ0n) is 12.1. The standard InChI is InChI=1S/C17H20N2O2/c1-2-21-16-11-7-6-10-14(16)17(20)19-12-15(18)13-8-4-3-5-9-13/h3-11,15H,2,12,18H2,1H3,(H,19,20). The predicted octanol–water partition coefficient (Wildman–Crippen LogP) is 2.52. The molecule has 0 saturated heterocycles. The van der Waals surface area contributed by atoms with Gasteiger partial charge in [0.25, 0.3) is 5.91 Å². The second kappa shape index (κ2) is 7.45. The molecule has 0 radical (unpaired) electrons. The predicted molar refractivity (Wildman–Crippen MR) is 83.3 cm³/mol. The lowest BCUT2D eigenvalue weighted by Crippen LogP contribution is -2.32. The van der Waals surface area contributed by atoms with Crippen molar-refractivity contribution in [2.24, 2.45) is 5.73 Å². The van der Waals surface area contributed by atoms with Gasteiger partial charge in [0.15, 0.2) is 0 Å². The van der Waals surface area contributed by atoms with Crippen LogP contribution in [0.1, 0.15) is 28.9 Å². The zero-order valence-corrected chi connectivity index (χ0v) is 12.1. The fraction of sp³-hybridized carbons (Fsp3) is 0.235. The highest BCUT2D eigenvalue weighted by Gasteiger charge is 2.13. The molecule has 0 aromatic heterocycles.